The molecule has 1 unspecified atom stereocenters. The van der Waals surface area contributed by atoms with Crippen LogP contribution in [0.2, 0.25) is 0 Å². The lowest BCUT2D eigenvalue weighted by Crippen LogP contribution is -2.41. The summed E-state index contributed by atoms with van der Waals surface area (Å²) in [6.07, 6.45) is 9.53. The summed E-state index contributed by atoms with van der Waals surface area (Å²) in [5.74, 6) is 3.51. The van der Waals surface area contributed by atoms with Gasteiger partial charge in [-0.2, -0.15) is 0 Å². The number of ether oxygens (including phenoxy) is 1. The Hall–Kier alpha value is -2.06. The van der Waals surface area contributed by atoms with Gasteiger partial charge in [0.15, 0.2) is 0 Å². The predicted molar refractivity (Wildman–Crippen MR) is 79.8 cm³/mol. The van der Waals surface area contributed by atoms with Crippen molar-refractivity contribution in [2.75, 3.05) is 25.1 Å². The fraction of sp³-hybridized carbons (Fsp3) is 0.500. The smallest absolute Gasteiger partial charge is 0.225 e. The first-order chi connectivity index (χ1) is 10.3. The molecule has 5 nitrogen and oxygen atoms in total. The van der Waals surface area contributed by atoms with Crippen molar-refractivity contribution in [3.63, 3.8) is 0 Å². The van der Waals surface area contributed by atoms with E-state index in [4.69, 9.17) is 11.2 Å². The molecule has 21 heavy (non-hydrogen) atoms. The highest BCUT2D eigenvalue weighted by Gasteiger charge is 2.35. The zero-order valence-electron chi connectivity index (χ0n) is 11.9. The third-order valence-corrected chi connectivity index (χ3v) is 4.09. The number of nitrogens with zero attached hydrogens (tertiary/aromatic N) is 2. The van der Waals surface area contributed by atoms with Crippen molar-refractivity contribution in [1.82, 2.24) is 9.88 Å². The number of rotatable bonds is 3. The van der Waals surface area contributed by atoms with Crippen molar-refractivity contribution >= 4 is 11.7 Å². The lowest BCUT2D eigenvalue weighted by molar-refractivity contribution is -0.131. The second-order valence-corrected chi connectivity index (χ2v) is 5.48. The quantitative estimate of drug-likeness (QED) is 0.849. The molecule has 1 atom stereocenters. The van der Waals surface area contributed by atoms with Gasteiger partial charge < -0.3 is 15.0 Å². The summed E-state index contributed by atoms with van der Waals surface area (Å²) >= 11 is 0. The summed E-state index contributed by atoms with van der Waals surface area (Å²) in [7, 11) is 0. The van der Waals surface area contributed by atoms with Gasteiger partial charge in [-0.1, -0.05) is 5.92 Å². The van der Waals surface area contributed by atoms with Gasteiger partial charge in [0.2, 0.25) is 5.91 Å². The maximum absolute atomic E-state index is 12.2. The van der Waals surface area contributed by atoms with Gasteiger partial charge in [-0.3, -0.25) is 4.79 Å². The molecule has 2 aliphatic rings. The molecule has 2 fully saturated rings. The van der Waals surface area contributed by atoms with E-state index in [0.29, 0.717) is 24.8 Å². The van der Waals surface area contributed by atoms with Crippen LogP contribution in [0, 0.1) is 12.3 Å². The maximum atomic E-state index is 12.2. The second kappa shape index (κ2) is 6.15. The minimum atomic E-state index is 0.0716. The molecule has 5 heteroatoms. The molecule has 1 aromatic heterocycles. The SMILES string of the molecule is C#Cc1cccnc1NC1CC(=O)N(C2CCOCC2)C1. The Balaban J connectivity index is 1.66. The average molecular weight is 285 g/mol. The van der Waals surface area contributed by atoms with Gasteiger partial charge in [0, 0.05) is 38.4 Å². The highest BCUT2D eigenvalue weighted by Crippen LogP contribution is 2.23. The molecule has 0 aromatic carbocycles. The molecule has 0 radical (unpaired) electrons. The first-order valence-electron chi connectivity index (χ1n) is 7.33. The largest absolute Gasteiger partial charge is 0.381 e. The van der Waals surface area contributed by atoms with Crippen LogP contribution in [-0.4, -0.2) is 47.6 Å². The molecule has 2 saturated heterocycles. The Morgan fingerprint density at radius 1 is 1.43 bits per heavy atom. The summed E-state index contributed by atoms with van der Waals surface area (Å²) in [4.78, 5) is 18.5. The number of likely N-dealkylation sites (tertiary alicyclic amines) is 1. The Bertz CT molecular complexity index is 561. The van der Waals surface area contributed by atoms with Crippen LogP contribution in [0.3, 0.4) is 0 Å². The summed E-state index contributed by atoms with van der Waals surface area (Å²) in [6, 6.07) is 4.05. The summed E-state index contributed by atoms with van der Waals surface area (Å²) in [5, 5.41) is 3.31. The number of amides is 1. The van der Waals surface area contributed by atoms with Gasteiger partial charge in [0.25, 0.3) is 0 Å². The molecular formula is C16H19N3O2. The summed E-state index contributed by atoms with van der Waals surface area (Å²) < 4.78 is 5.36. The molecule has 3 rings (SSSR count). The Labute approximate surface area is 124 Å². The molecule has 0 spiro atoms. The molecule has 0 aliphatic carbocycles. The number of pyridine rings is 1. The molecule has 1 aromatic rings. The van der Waals surface area contributed by atoms with Gasteiger partial charge in [0.1, 0.15) is 5.82 Å². The molecule has 1 amide bonds. The Morgan fingerprint density at radius 2 is 2.24 bits per heavy atom. The van der Waals surface area contributed by atoms with Gasteiger partial charge in [-0.05, 0) is 25.0 Å². The lowest BCUT2D eigenvalue weighted by Gasteiger charge is -2.31. The monoisotopic (exact) mass is 285 g/mol. The third-order valence-electron chi connectivity index (χ3n) is 4.09. The average Bonchev–Trinajstić information content (AvgIpc) is 2.89. The van der Waals surface area contributed by atoms with Crippen LogP contribution in [0.25, 0.3) is 0 Å². The van der Waals surface area contributed by atoms with E-state index in [9.17, 15) is 4.79 Å². The molecule has 110 valence electrons. The first-order valence-corrected chi connectivity index (χ1v) is 7.33. The standard InChI is InChI=1S/C16H19N3O2/c1-2-12-4-3-7-17-16(12)18-13-10-15(20)19(11-13)14-5-8-21-9-6-14/h1,3-4,7,13-14H,5-6,8-11H2,(H,17,18). The van der Waals surface area contributed by atoms with Crippen molar-refractivity contribution in [2.45, 2.75) is 31.3 Å². The van der Waals surface area contributed by atoms with Gasteiger partial charge in [-0.25, -0.2) is 4.98 Å². The molecule has 3 heterocycles. The van der Waals surface area contributed by atoms with Crippen LogP contribution in [0.15, 0.2) is 18.3 Å². The van der Waals surface area contributed by atoms with E-state index >= 15 is 0 Å². The topological polar surface area (TPSA) is 54.5 Å². The van der Waals surface area contributed by atoms with E-state index < -0.39 is 0 Å². The van der Waals surface area contributed by atoms with Crippen LogP contribution in [0.4, 0.5) is 5.82 Å². The fourth-order valence-corrected chi connectivity index (χ4v) is 3.01. The summed E-state index contributed by atoms with van der Waals surface area (Å²) in [6.45, 7) is 2.20. The fourth-order valence-electron chi connectivity index (χ4n) is 3.01. The highest BCUT2D eigenvalue weighted by molar-refractivity contribution is 5.80. The van der Waals surface area contributed by atoms with Crippen molar-refractivity contribution in [1.29, 1.82) is 0 Å². The van der Waals surface area contributed by atoms with Gasteiger partial charge in [-0.15, -0.1) is 6.42 Å². The molecule has 1 N–H and O–H groups in total. The Kier molecular flexibility index (Phi) is 4.07. The Morgan fingerprint density at radius 3 is 3.00 bits per heavy atom. The van der Waals surface area contributed by atoms with E-state index in [0.717, 1.165) is 31.6 Å². The molecule has 2 aliphatic heterocycles. The van der Waals surface area contributed by atoms with Crippen LogP contribution >= 0.6 is 0 Å². The second-order valence-electron chi connectivity index (χ2n) is 5.48. The van der Waals surface area contributed by atoms with Gasteiger partial charge >= 0.3 is 0 Å². The molecule has 0 bridgehead atoms. The lowest BCUT2D eigenvalue weighted by atomic mass is 10.1. The number of anilines is 1. The minimum Gasteiger partial charge on any atom is -0.381 e. The van der Waals surface area contributed by atoms with E-state index in [1.165, 1.54) is 0 Å². The van der Waals surface area contributed by atoms with Crippen molar-refractivity contribution < 1.29 is 9.53 Å². The van der Waals surface area contributed by atoms with Crippen molar-refractivity contribution in [3.8, 4) is 12.3 Å². The zero-order valence-corrected chi connectivity index (χ0v) is 11.9. The molecule has 0 saturated carbocycles. The van der Waals surface area contributed by atoms with E-state index in [2.05, 4.69) is 16.2 Å². The van der Waals surface area contributed by atoms with E-state index in [1.54, 1.807) is 6.20 Å². The minimum absolute atomic E-state index is 0.0716. The van der Waals surface area contributed by atoms with Crippen molar-refractivity contribution in [3.05, 3.63) is 23.9 Å². The number of nitrogens with one attached hydrogen (secondary N) is 1. The number of terminal acetylenes is 1. The number of carbonyl (C=O) groups is 1. The van der Waals surface area contributed by atoms with E-state index in [-0.39, 0.29) is 11.9 Å². The number of aromatic nitrogens is 1. The van der Waals surface area contributed by atoms with Crippen LogP contribution < -0.4 is 5.32 Å². The van der Waals surface area contributed by atoms with Crippen LogP contribution in [0.5, 0.6) is 0 Å². The van der Waals surface area contributed by atoms with Crippen molar-refractivity contribution in [2.24, 2.45) is 0 Å². The predicted octanol–water partition coefficient (Wildman–Crippen LogP) is 1.25. The maximum Gasteiger partial charge on any atom is 0.225 e. The zero-order chi connectivity index (χ0) is 14.7. The van der Waals surface area contributed by atoms with Crippen LogP contribution in [-0.2, 0) is 9.53 Å². The number of hydrogen-bond donors (Lipinski definition) is 1. The van der Waals surface area contributed by atoms with Gasteiger partial charge in [0.05, 0.1) is 11.6 Å². The van der Waals surface area contributed by atoms with Crippen LogP contribution in [0.1, 0.15) is 24.8 Å². The summed E-state index contributed by atoms with van der Waals surface area (Å²) in [5.41, 5.74) is 0.731. The number of carbonyl (C=O) groups excluding carboxylic acids is 1. The normalized spacial score (nSPS) is 23.1. The third kappa shape index (κ3) is 3.01. The molecular weight excluding hydrogens is 266 g/mol. The first kappa shape index (κ1) is 13.9. The van der Waals surface area contributed by atoms with E-state index in [1.807, 2.05) is 17.0 Å². The highest BCUT2D eigenvalue weighted by atomic mass is 16.5. The number of hydrogen-bond acceptors (Lipinski definition) is 4.